The van der Waals surface area contributed by atoms with Crippen LogP contribution < -0.4 is 11.1 Å². The SMILES string of the molecule is Cc1ccc(S(=O)(=O)N(Cc2ccc([N+](=O)[O-])cc2)[C@@H](CCCNC(=N)N)C(=O)O)cc1. The Morgan fingerprint density at radius 3 is 2.31 bits per heavy atom. The van der Waals surface area contributed by atoms with Gasteiger partial charge in [0.1, 0.15) is 6.04 Å². The van der Waals surface area contributed by atoms with E-state index in [9.17, 15) is 28.4 Å². The summed E-state index contributed by atoms with van der Waals surface area (Å²) in [5.74, 6) is -1.60. The molecule has 0 heterocycles. The highest BCUT2D eigenvalue weighted by Crippen LogP contribution is 2.25. The molecule has 0 aliphatic rings. The Bertz CT molecular complexity index is 1070. The number of hydrogen-bond donors (Lipinski definition) is 4. The number of carboxylic acid groups (broad SMARTS) is 1. The number of nitro groups is 1. The number of benzene rings is 2. The summed E-state index contributed by atoms with van der Waals surface area (Å²) >= 11 is 0. The molecule has 5 N–H and O–H groups in total. The summed E-state index contributed by atoms with van der Waals surface area (Å²) in [6.07, 6.45) is 0.213. The number of nitro benzene ring substituents is 1. The van der Waals surface area contributed by atoms with E-state index in [0.29, 0.717) is 5.56 Å². The van der Waals surface area contributed by atoms with Crippen LogP contribution in [0.5, 0.6) is 0 Å². The number of aliphatic carboxylic acids is 1. The molecule has 11 nitrogen and oxygen atoms in total. The molecule has 0 aliphatic carbocycles. The molecule has 0 fully saturated rings. The molecule has 0 saturated heterocycles. The van der Waals surface area contributed by atoms with Gasteiger partial charge in [0.2, 0.25) is 10.0 Å². The van der Waals surface area contributed by atoms with Gasteiger partial charge in [0.25, 0.3) is 5.69 Å². The van der Waals surface area contributed by atoms with Gasteiger partial charge < -0.3 is 16.2 Å². The van der Waals surface area contributed by atoms with E-state index >= 15 is 0 Å². The lowest BCUT2D eigenvalue weighted by Gasteiger charge is -2.28. The van der Waals surface area contributed by atoms with Gasteiger partial charge in [0, 0.05) is 25.2 Å². The fraction of sp³-hybridized carbons (Fsp3) is 0.300. The molecule has 12 heteroatoms. The molecule has 0 radical (unpaired) electrons. The monoisotopic (exact) mass is 463 g/mol. The second kappa shape index (κ2) is 10.7. The van der Waals surface area contributed by atoms with Crippen LogP contribution in [0, 0.1) is 22.4 Å². The standard InChI is InChI=1S/C20H25N5O6S/c1-14-4-10-17(11-5-14)32(30,31)24(13-15-6-8-16(9-7-15)25(28)29)18(19(26)27)3-2-12-23-20(21)22/h4-11,18H,2-3,12-13H2,1H3,(H,26,27)(H4,21,22,23)/t18-/m0/s1. The summed E-state index contributed by atoms with van der Waals surface area (Å²) in [6, 6.07) is 9.90. The third kappa shape index (κ3) is 6.49. The van der Waals surface area contributed by atoms with Crippen molar-refractivity contribution in [1.82, 2.24) is 9.62 Å². The van der Waals surface area contributed by atoms with Crippen molar-refractivity contribution < 1.29 is 23.2 Å². The lowest BCUT2D eigenvalue weighted by atomic mass is 10.1. The number of rotatable bonds is 11. The van der Waals surface area contributed by atoms with E-state index in [1.165, 1.54) is 36.4 Å². The Hall–Kier alpha value is -3.51. The maximum Gasteiger partial charge on any atom is 0.322 e. The van der Waals surface area contributed by atoms with Crippen molar-refractivity contribution in [1.29, 1.82) is 5.41 Å². The largest absolute Gasteiger partial charge is 0.480 e. The van der Waals surface area contributed by atoms with Crippen LogP contribution in [-0.4, -0.2) is 47.3 Å². The van der Waals surface area contributed by atoms with Crippen LogP contribution in [0.15, 0.2) is 53.4 Å². The second-order valence-corrected chi connectivity index (χ2v) is 9.01. The van der Waals surface area contributed by atoms with E-state index in [0.717, 1.165) is 9.87 Å². The smallest absolute Gasteiger partial charge is 0.322 e. The molecule has 0 bridgehead atoms. The van der Waals surface area contributed by atoms with Gasteiger partial charge in [-0.2, -0.15) is 4.31 Å². The van der Waals surface area contributed by atoms with E-state index in [-0.39, 0.29) is 42.5 Å². The fourth-order valence-corrected chi connectivity index (χ4v) is 4.62. The Morgan fingerprint density at radius 2 is 1.81 bits per heavy atom. The summed E-state index contributed by atoms with van der Waals surface area (Å²) < 4.78 is 27.7. The molecule has 2 rings (SSSR count). The number of aryl methyl sites for hydroxylation is 1. The first-order valence-corrected chi connectivity index (χ1v) is 11.1. The van der Waals surface area contributed by atoms with Crippen molar-refractivity contribution >= 4 is 27.6 Å². The molecule has 2 aromatic rings. The maximum absolute atomic E-state index is 13.4. The van der Waals surface area contributed by atoms with Crippen molar-refractivity contribution in [2.45, 2.75) is 37.2 Å². The van der Waals surface area contributed by atoms with Crippen molar-refractivity contribution in [3.8, 4) is 0 Å². The van der Waals surface area contributed by atoms with Crippen molar-refractivity contribution in [2.75, 3.05) is 6.54 Å². The summed E-state index contributed by atoms with van der Waals surface area (Å²) in [5, 5.41) is 30.4. The number of nitrogens with one attached hydrogen (secondary N) is 2. The number of hydrogen-bond acceptors (Lipinski definition) is 6. The van der Waals surface area contributed by atoms with Crippen molar-refractivity contribution in [2.24, 2.45) is 5.73 Å². The summed E-state index contributed by atoms with van der Waals surface area (Å²) in [7, 11) is -4.21. The molecule has 1 atom stereocenters. The highest BCUT2D eigenvalue weighted by Gasteiger charge is 2.35. The number of guanidine groups is 1. The molecule has 0 spiro atoms. The Labute approximate surface area is 185 Å². The minimum Gasteiger partial charge on any atom is -0.480 e. The average molecular weight is 464 g/mol. The maximum atomic E-state index is 13.4. The zero-order valence-electron chi connectivity index (χ0n) is 17.4. The van der Waals surface area contributed by atoms with Crippen LogP contribution in [0.2, 0.25) is 0 Å². The first-order chi connectivity index (χ1) is 15.0. The molecular formula is C20H25N5O6S. The molecule has 0 aromatic heterocycles. The number of non-ortho nitro benzene ring substituents is 1. The first-order valence-electron chi connectivity index (χ1n) is 9.65. The van der Waals surface area contributed by atoms with Crippen LogP contribution in [0.1, 0.15) is 24.0 Å². The van der Waals surface area contributed by atoms with E-state index < -0.39 is 27.0 Å². The summed E-state index contributed by atoms with van der Waals surface area (Å²) in [4.78, 5) is 22.3. The third-order valence-electron chi connectivity index (χ3n) is 4.72. The zero-order chi connectivity index (χ0) is 23.9. The fourth-order valence-electron chi connectivity index (χ4n) is 3.02. The number of sulfonamides is 1. The van der Waals surface area contributed by atoms with Gasteiger partial charge in [-0.25, -0.2) is 8.42 Å². The lowest BCUT2D eigenvalue weighted by Crippen LogP contribution is -2.45. The summed E-state index contributed by atoms with van der Waals surface area (Å²) in [6.45, 7) is 1.72. The van der Waals surface area contributed by atoms with Crippen molar-refractivity contribution in [3.63, 3.8) is 0 Å². The molecular weight excluding hydrogens is 438 g/mol. The molecule has 0 unspecified atom stereocenters. The van der Waals surface area contributed by atoms with Gasteiger partial charge in [0.15, 0.2) is 5.96 Å². The minimum atomic E-state index is -4.21. The lowest BCUT2D eigenvalue weighted by molar-refractivity contribution is -0.384. The summed E-state index contributed by atoms with van der Waals surface area (Å²) in [5.41, 5.74) is 6.31. The van der Waals surface area contributed by atoms with Gasteiger partial charge in [-0.15, -0.1) is 0 Å². The Morgan fingerprint density at radius 1 is 1.22 bits per heavy atom. The van der Waals surface area contributed by atoms with Crippen LogP contribution in [0.3, 0.4) is 0 Å². The average Bonchev–Trinajstić information content (AvgIpc) is 2.72. The van der Waals surface area contributed by atoms with Crippen LogP contribution in [0.4, 0.5) is 5.69 Å². The quantitative estimate of drug-likeness (QED) is 0.128. The van der Waals surface area contributed by atoms with E-state index in [1.54, 1.807) is 19.1 Å². The van der Waals surface area contributed by atoms with E-state index in [4.69, 9.17) is 11.1 Å². The first kappa shape index (κ1) is 24.8. The molecule has 32 heavy (non-hydrogen) atoms. The van der Waals surface area contributed by atoms with Gasteiger partial charge in [-0.3, -0.25) is 20.3 Å². The Balaban J connectivity index is 2.41. The molecule has 172 valence electrons. The molecule has 2 aromatic carbocycles. The number of nitrogens with two attached hydrogens (primary N) is 1. The number of carboxylic acids is 1. The van der Waals surface area contributed by atoms with E-state index in [2.05, 4.69) is 5.32 Å². The van der Waals surface area contributed by atoms with Crippen LogP contribution >= 0.6 is 0 Å². The normalized spacial score (nSPS) is 12.3. The van der Waals surface area contributed by atoms with Crippen LogP contribution in [0.25, 0.3) is 0 Å². The topological polar surface area (TPSA) is 180 Å². The molecule has 0 saturated carbocycles. The van der Waals surface area contributed by atoms with Gasteiger partial charge in [-0.1, -0.05) is 29.8 Å². The highest BCUT2D eigenvalue weighted by molar-refractivity contribution is 7.89. The second-order valence-electron chi connectivity index (χ2n) is 7.12. The van der Waals surface area contributed by atoms with E-state index in [1.807, 2.05) is 0 Å². The van der Waals surface area contributed by atoms with Crippen LogP contribution in [-0.2, 0) is 21.4 Å². The molecule has 0 aliphatic heterocycles. The Kier molecular flexibility index (Phi) is 8.27. The zero-order valence-corrected chi connectivity index (χ0v) is 18.2. The van der Waals surface area contributed by atoms with Gasteiger partial charge >= 0.3 is 5.97 Å². The third-order valence-corrected chi connectivity index (χ3v) is 6.58. The molecule has 0 amide bonds. The highest BCUT2D eigenvalue weighted by atomic mass is 32.2. The number of nitrogens with zero attached hydrogens (tertiary/aromatic N) is 2. The number of carbonyl (C=O) groups is 1. The van der Waals surface area contributed by atoms with Crippen molar-refractivity contribution in [3.05, 3.63) is 69.8 Å². The van der Waals surface area contributed by atoms with Gasteiger partial charge in [-0.05, 0) is 37.5 Å². The predicted molar refractivity (Wildman–Crippen MR) is 118 cm³/mol. The predicted octanol–water partition coefficient (Wildman–Crippen LogP) is 1.81. The van der Waals surface area contributed by atoms with Gasteiger partial charge in [0.05, 0.1) is 9.82 Å². The minimum absolute atomic E-state index is 0.0340.